The van der Waals surface area contributed by atoms with Crippen molar-refractivity contribution in [3.05, 3.63) is 0 Å². The number of halogens is 24. The Hall–Kier alpha value is 8.03. The van der Waals surface area contributed by atoms with Crippen LogP contribution in [-0.4, -0.2) is 423 Å². The summed E-state index contributed by atoms with van der Waals surface area (Å²) in [6.45, 7) is 1.54. The van der Waals surface area contributed by atoms with Crippen LogP contribution in [0.25, 0.3) is 0 Å². The van der Waals surface area contributed by atoms with E-state index in [1.165, 1.54) is 0 Å². The second-order valence-corrected chi connectivity index (χ2v) is 51.8. The maximum atomic E-state index is 11.4. The zero-order valence-electron chi connectivity index (χ0n) is 60.3. The predicted octanol–water partition coefficient (Wildman–Crippen LogP) is 8.97. The summed E-state index contributed by atoms with van der Waals surface area (Å²) in [6, 6.07) is 0. The average molecular weight is 3140 g/mol. The molecule has 0 N–H and O–H groups in total. The Bertz CT molecular complexity index is 1740. The van der Waals surface area contributed by atoms with Gasteiger partial charge in [-0.05, 0) is 0 Å². The van der Waals surface area contributed by atoms with Crippen LogP contribution < -0.4 is 0 Å². The van der Waals surface area contributed by atoms with E-state index in [9.17, 15) is 57.5 Å². The van der Waals surface area contributed by atoms with Crippen LogP contribution >= 0.6 is 228 Å². The molecule has 36 nitrogen and oxygen atoms in total. The van der Waals surface area contributed by atoms with E-state index in [-0.39, 0.29) is 290 Å². The van der Waals surface area contributed by atoms with E-state index >= 15 is 0 Å². The summed E-state index contributed by atoms with van der Waals surface area (Å²) >= 11 is -3.04. The van der Waals surface area contributed by atoms with Crippen molar-refractivity contribution in [1.82, 2.24) is 0 Å². The molecule has 3 aliphatic rings. The first-order valence-electron chi connectivity index (χ1n) is 29.6. The van der Waals surface area contributed by atoms with E-state index in [0.29, 0.717) is 0 Å². The molecule has 0 aliphatic carbocycles. The van der Waals surface area contributed by atoms with E-state index in [1.807, 2.05) is 0 Å². The van der Waals surface area contributed by atoms with Crippen molar-refractivity contribution in [1.29, 1.82) is 0 Å². The number of esters is 12. The van der Waals surface area contributed by atoms with E-state index in [2.05, 4.69) is 97.2 Å². The summed E-state index contributed by atoms with van der Waals surface area (Å²) in [6.07, 6.45) is 0. The number of hydrogen-bond donors (Lipinski definition) is 0. The predicted molar refractivity (Wildman–Crippen MR) is 436 cm³/mol. The van der Waals surface area contributed by atoms with E-state index in [0.717, 1.165) is 26.3 Å². The van der Waals surface area contributed by atoms with Gasteiger partial charge < -0.3 is 114 Å². The van der Waals surface area contributed by atoms with Crippen LogP contribution in [0.3, 0.4) is 0 Å². The second kappa shape index (κ2) is 150. The van der Waals surface area contributed by atoms with Crippen LogP contribution in [0.5, 0.6) is 0 Å². The number of hydrogen-bond acceptors (Lipinski definition) is 36. The summed E-state index contributed by atoms with van der Waals surface area (Å²) in [7, 11) is 116. The molecule has 0 bridgehead atoms. The Morgan fingerprint density at radius 1 is 0.183 bits per heavy atom. The van der Waals surface area contributed by atoms with Crippen LogP contribution in [0, 0.1) is 0 Å². The number of carbonyl (C=O) groups is 12. The van der Waals surface area contributed by atoms with Crippen molar-refractivity contribution in [2.24, 2.45) is 0 Å². The third-order valence-electron chi connectivity index (χ3n) is 8.76. The molecule has 3 aliphatic heterocycles. The molecule has 0 aromatic heterocycles. The van der Waals surface area contributed by atoms with Gasteiger partial charge in [0.2, 0.25) is 0 Å². The zero-order valence-corrected chi connectivity index (χ0v) is 102. The summed E-state index contributed by atoms with van der Waals surface area (Å²) in [5.41, 5.74) is 0. The molecular weight excluding hydrogens is 3060 g/mol. The fourth-order valence-electron chi connectivity index (χ4n) is 4.96. The Balaban J connectivity index is -0.000000121. The Morgan fingerprint density at radius 2 is 0.225 bits per heavy atom. The Morgan fingerprint density at radius 3 is 0.275 bits per heavy atom. The van der Waals surface area contributed by atoms with Crippen molar-refractivity contribution in [2.45, 2.75) is 0 Å². The van der Waals surface area contributed by atoms with Gasteiger partial charge in [-0.2, -0.15) is 0 Å². The van der Waals surface area contributed by atoms with Gasteiger partial charge >= 0.3 is 492 Å². The molecule has 120 heavy (non-hydrogen) atoms. The van der Waals surface area contributed by atoms with Gasteiger partial charge in [0.05, 0.1) is 159 Å². The standard InChI is InChI=1S/3C16H24O12.24ClH.2Cu.2Fe.2Mn.6Sn/c3*17-13-14(18)27-11-7-23-3-4-24-8-12-28-16(20)15(19)26-10-6-22-2-1-21-5-9-25-13;;;;;;;;;;;;;;;;;;;;;;;;;;;;;;;;;;;;/h3*1-12H2;24*1H;;;;;;;;;;;;/q;;;;;;;;;;;;;;;;;;;;;;;;;;;12*+2/p-24. The van der Waals surface area contributed by atoms with Gasteiger partial charge in [-0.25, -0.2) is 57.5 Å². The van der Waals surface area contributed by atoms with E-state index in [4.69, 9.17) is 245 Å². The van der Waals surface area contributed by atoms with Crippen LogP contribution in [-0.2, 0) is 250 Å². The number of cyclic esters (lactones) is 12. The van der Waals surface area contributed by atoms with Crippen LogP contribution in [0.1, 0.15) is 0 Å². The van der Waals surface area contributed by atoms with Gasteiger partial charge in [0, 0.05) is 0 Å². The normalized spacial score (nSPS) is 16.9. The Labute approximate surface area is 886 Å². The molecule has 0 unspecified atom stereocenters. The number of rotatable bonds is 0. The number of carbonyl (C=O) groups excluding carboxylic acids is 12. The minimum atomic E-state index is -1.12. The van der Waals surface area contributed by atoms with Crippen molar-refractivity contribution in [2.75, 3.05) is 238 Å². The van der Waals surface area contributed by atoms with Gasteiger partial charge in [-0.15, -0.1) is 0 Å². The second-order valence-electron chi connectivity index (χ2n) is 15.7. The quantitative estimate of drug-likeness (QED) is 0.0944. The van der Waals surface area contributed by atoms with E-state index < -0.39 is 185 Å². The first-order valence-corrected chi connectivity index (χ1v) is 90.7. The van der Waals surface area contributed by atoms with Gasteiger partial charge in [-0.3, -0.25) is 0 Å². The molecule has 0 aromatic rings. The molecule has 3 heterocycles. The average Bonchev–Trinajstić information content (AvgIpc) is 1.00. The molecule has 0 spiro atoms. The molecule has 0 atom stereocenters. The summed E-state index contributed by atoms with van der Waals surface area (Å²) in [4.78, 5) is 136. The van der Waals surface area contributed by atoms with Gasteiger partial charge in [0.1, 0.15) is 79.3 Å². The van der Waals surface area contributed by atoms with Crippen LogP contribution in [0.2, 0.25) is 0 Å². The molecule has 12 radical (unpaired) electrons. The minimum absolute atomic E-state index is 0.00694. The molecule has 3 fully saturated rings. The zero-order chi connectivity index (χ0) is 93.8. The number of ether oxygens (including phenoxy) is 24. The maximum absolute atomic E-state index is 11.4. The van der Waals surface area contributed by atoms with Crippen LogP contribution in [0.4, 0.5) is 0 Å². The topological polar surface area (TPSA) is 426 Å². The monoisotopic (exact) mass is 3130 g/mol. The third kappa shape index (κ3) is 163. The molecule has 0 amide bonds. The van der Waals surface area contributed by atoms with Crippen molar-refractivity contribution in [3.8, 4) is 0 Å². The SMILES string of the molecule is O=C1OCCOCCOCCOC(=O)C(=O)OCCOCCOCCOC1=O.O=C1OCCOCCOCCOC(=O)C(=O)OCCOCCOCCOC1=O.O=C1OCCOCCOCCOC(=O)C(=O)OCCOCCOCCOC1=O.[Cl][Cu][Cl].[Cl][Cu][Cl].[Cl][Fe][Cl].[Cl][Fe][Cl].[Cl][Mn][Cl].[Cl][Mn][Cl].[Cl][Sn][Cl].[Cl][Sn][Cl].[Cl][Sn][Cl].[Cl][Sn][Cl].[Cl][Sn][Cl].[Cl][Sn][Cl]. The summed E-state index contributed by atoms with van der Waals surface area (Å²) in [5, 5.41) is 0. The van der Waals surface area contributed by atoms with Gasteiger partial charge in [0.25, 0.3) is 0 Å². The van der Waals surface area contributed by atoms with Crippen molar-refractivity contribution in [3.63, 3.8) is 0 Å². The summed E-state index contributed by atoms with van der Waals surface area (Å²) in [5.74, 6) is -13.4. The molecule has 724 valence electrons. The molecule has 0 aromatic carbocycles. The van der Waals surface area contributed by atoms with Gasteiger partial charge in [0.15, 0.2) is 0 Å². The molecular formula is C48H72Cl24Cu2Fe2Mn2O36Sn6. The van der Waals surface area contributed by atoms with Crippen molar-refractivity contribution < 1.29 is 250 Å². The van der Waals surface area contributed by atoms with Gasteiger partial charge in [-0.1, -0.05) is 0 Å². The van der Waals surface area contributed by atoms with Crippen LogP contribution in [0.15, 0.2) is 0 Å². The van der Waals surface area contributed by atoms with E-state index in [1.54, 1.807) is 0 Å². The molecule has 3 saturated heterocycles. The Kier molecular flexibility index (Phi) is 192. The first-order chi connectivity index (χ1) is 57.8. The fraction of sp³-hybridized carbons (Fsp3) is 0.750. The van der Waals surface area contributed by atoms with Crippen molar-refractivity contribution >= 4 is 413 Å². The molecule has 72 heteroatoms. The summed E-state index contributed by atoms with van der Waals surface area (Å²) < 4.78 is 118. The molecule has 0 saturated carbocycles. The fourth-order valence-corrected chi connectivity index (χ4v) is 4.96. The molecule has 3 rings (SSSR count). The third-order valence-corrected chi connectivity index (χ3v) is 8.76. The first kappa shape index (κ1) is 153.